The summed E-state index contributed by atoms with van der Waals surface area (Å²) in [5, 5.41) is 6.30. The lowest BCUT2D eigenvalue weighted by Crippen LogP contribution is -2.30. The van der Waals surface area contributed by atoms with Gasteiger partial charge in [0.25, 0.3) is 0 Å². The number of hydrogen-bond acceptors (Lipinski definition) is 2. The van der Waals surface area contributed by atoms with Crippen LogP contribution in [0.4, 0.5) is 5.69 Å². The van der Waals surface area contributed by atoms with Crippen LogP contribution in [-0.4, -0.2) is 19.0 Å². The number of nitrogens with one attached hydrogen (secondary N) is 2. The SMILES string of the molecule is Cc1cc(Br)cc(NC(=O)CC2CCNCC2)c1. The molecule has 0 aliphatic carbocycles. The minimum atomic E-state index is 0.124. The summed E-state index contributed by atoms with van der Waals surface area (Å²) in [6, 6.07) is 5.96. The van der Waals surface area contributed by atoms with Crippen molar-refractivity contribution in [2.45, 2.75) is 26.2 Å². The van der Waals surface area contributed by atoms with Crippen molar-refractivity contribution in [2.75, 3.05) is 18.4 Å². The molecule has 0 aromatic heterocycles. The van der Waals surface area contributed by atoms with Gasteiger partial charge in [0.1, 0.15) is 0 Å². The van der Waals surface area contributed by atoms with E-state index >= 15 is 0 Å². The maximum atomic E-state index is 12.0. The van der Waals surface area contributed by atoms with Gasteiger partial charge in [-0.2, -0.15) is 0 Å². The second-order valence-corrected chi connectivity index (χ2v) is 5.88. The van der Waals surface area contributed by atoms with Gasteiger partial charge in [-0.1, -0.05) is 15.9 Å². The van der Waals surface area contributed by atoms with Crippen LogP contribution in [0.15, 0.2) is 22.7 Å². The predicted octanol–water partition coefficient (Wildman–Crippen LogP) is 3.09. The highest BCUT2D eigenvalue weighted by atomic mass is 79.9. The van der Waals surface area contributed by atoms with Crippen molar-refractivity contribution in [3.63, 3.8) is 0 Å². The molecule has 1 aromatic carbocycles. The van der Waals surface area contributed by atoms with Crippen molar-refractivity contribution in [1.29, 1.82) is 0 Å². The van der Waals surface area contributed by atoms with Gasteiger partial charge in [0.2, 0.25) is 5.91 Å². The van der Waals surface area contributed by atoms with Crippen molar-refractivity contribution in [2.24, 2.45) is 5.92 Å². The van der Waals surface area contributed by atoms with Crippen LogP contribution < -0.4 is 10.6 Å². The normalized spacial score (nSPS) is 16.6. The number of halogens is 1. The summed E-state index contributed by atoms with van der Waals surface area (Å²) in [7, 11) is 0. The number of benzene rings is 1. The van der Waals surface area contributed by atoms with Crippen LogP contribution in [0.1, 0.15) is 24.8 Å². The highest BCUT2D eigenvalue weighted by Gasteiger charge is 2.16. The predicted molar refractivity (Wildman–Crippen MR) is 77.7 cm³/mol. The number of amides is 1. The van der Waals surface area contributed by atoms with E-state index in [9.17, 15) is 4.79 Å². The third-order valence-electron chi connectivity index (χ3n) is 3.26. The van der Waals surface area contributed by atoms with E-state index in [1.54, 1.807) is 0 Å². The van der Waals surface area contributed by atoms with Crippen molar-refractivity contribution >= 4 is 27.5 Å². The number of carbonyl (C=O) groups excluding carboxylic acids is 1. The highest BCUT2D eigenvalue weighted by molar-refractivity contribution is 9.10. The van der Waals surface area contributed by atoms with E-state index in [0.717, 1.165) is 41.7 Å². The van der Waals surface area contributed by atoms with Gasteiger partial charge in [-0.15, -0.1) is 0 Å². The van der Waals surface area contributed by atoms with E-state index in [0.29, 0.717) is 12.3 Å². The zero-order chi connectivity index (χ0) is 13.0. The van der Waals surface area contributed by atoms with Gasteiger partial charge in [0.05, 0.1) is 0 Å². The first kappa shape index (κ1) is 13.6. The van der Waals surface area contributed by atoms with Gasteiger partial charge in [-0.05, 0) is 62.5 Å². The molecule has 1 heterocycles. The fraction of sp³-hybridized carbons (Fsp3) is 0.500. The molecule has 2 N–H and O–H groups in total. The minimum absolute atomic E-state index is 0.124. The minimum Gasteiger partial charge on any atom is -0.326 e. The molecule has 18 heavy (non-hydrogen) atoms. The lowest BCUT2D eigenvalue weighted by Gasteiger charge is -2.22. The number of aryl methyl sites for hydroxylation is 1. The number of piperidine rings is 1. The number of carbonyl (C=O) groups is 1. The summed E-state index contributed by atoms with van der Waals surface area (Å²) in [5.41, 5.74) is 2.02. The molecular weight excluding hydrogens is 292 g/mol. The second-order valence-electron chi connectivity index (χ2n) is 4.96. The average Bonchev–Trinajstić information content (AvgIpc) is 2.28. The highest BCUT2D eigenvalue weighted by Crippen LogP contribution is 2.21. The van der Waals surface area contributed by atoms with Gasteiger partial charge in [0.15, 0.2) is 0 Å². The monoisotopic (exact) mass is 310 g/mol. The zero-order valence-corrected chi connectivity index (χ0v) is 12.2. The Morgan fingerprint density at radius 3 is 2.78 bits per heavy atom. The van der Waals surface area contributed by atoms with E-state index in [-0.39, 0.29) is 5.91 Å². The summed E-state index contributed by atoms with van der Waals surface area (Å²) in [4.78, 5) is 12.0. The van der Waals surface area contributed by atoms with Gasteiger partial charge < -0.3 is 10.6 Å². The van der Waals surface area contributed by atoms with Gasteiger partial charge >= 0.3 is 0 Å². The zero-order valence-electron chi connectivity index (χ0n) is 10.6. The molecule has 0 atom stereocenters. The van der Waals surface area contributed by atoms with Crippen LogP contribution in [0.25, 0.3) is 0 Å². The molecule has 0 unspecified atom stereocenters. The summed E-state index contributed by atoms with van der Waals surface area (Å²) in [5.74, 6) is 0.652. The average molecular weight is 311 g/mol. The fourth-order valence-corrected chi connectivity index (χ4v) is 2.98. The lowest BCUT2D eigenvalue weighted by molar-refractivity contribution is -0.117. The van der Waals surface area contributed by atoms with Crippen LogP contribution in [0.3, 0.4) is 0 Å². The number of rotatable bonds is 3. The summed E-state index contributed by atoms with van der Waals surface area (Å²) >= 11 is 3.44. The Balaban J connectivity index is 1.89. The van der Waals surface area contributed by atoms with Gasteiger partial charge in [-0.3, -0.25) is 4.79 Å². The van der Waals surface area contributed by atoms with Crippen LogP contribution in [0.2, 0.25) is 0 Å². The lowest BCUT2D eigenvalue weighted by atomic mass is 9.94. The third kappa shape index (κ3) is 4.10. The van der Waals surface area contributed by atoms with E-state index in [4.69, 9.17) is 0 Å². The standard InChI is InChI=1S/C14H19BrN2O/c1-10-6-12(15)9-13(7-10)17-14(18)8-11-2-4-16-5-3-11/h6-7,9,11,16H,2-5,8H2,1H3,(H,17,18). The fourth-order valence-electron chi connectivity index (χ4n) is 2.37. The number of hydrogen-bond donors (Lipinski definition) is 2. The van der Waals surface area contributed by atoms with E-state index < -0.39 is 0 Å². The smallest absolute Gasteiger partial charge is 0.224 e. The Kier molecular flexibility index (Phi) is 4.78. The quantitative estimate of drug-likeness (QED) is 0.901. The maximum Gasteiger partial charge on any atom is 0.224 e. The van der Waals surface area contributed by atoms with E-state index in [1.807, 2.05) is 25.1 Å². The molecule has 0 radical (unpaired) electrons. The van der Waals surface area contributed by atoms with Gasteiger partial charge in [0, 0.05) is 16.6 Å². The first-order valence-corrected chi connectivity index (χ1v) is 7.20. The molecule has 1 aliphatic rings. The van der Waals surface area contributed by atoms with Crippen molar-refractivity contribution in [3.05, 3.63) is 28.2 Å². The van der Waals surface area contributed by atoms with Crippen molar-refractivity contribution in [1.82, 2.24) is 5.32 Å². The van der Waals surface area contributed by atoms with Crippen LogP contribution in [0, 0.1) is 12.8 Å². The molecule has 1 aliphatic heterocycles. The summed E-state index contributed by atoms with van der Waals surface area (Å²) in [6.07, 6.45) is 2.84. The van der Waals surface area contributed by atoms with Crippen molar-refractivity contribution < 1.29 is 4.79 Å². The Hall–Kier alpha value is -0.870. The van der Waals surface area contributed by atoms with Crippen LogP contribution in [-0.2, 0) is 4.79 Å². The van der Waals surface area contributed by atoms with E-state index in [2.05, 4.69) is 26.6 Å². The first-order chi connectivity index (χ1) is 8.63. The third-order valence-corrected chi connectivity index (χ3v) is 3.72. The summed E-state index contributed by atoms with van der Waals surface area (Å²) in [6.45, 7) is 4.09. The maximum absolute atomic E-state index is 12.0. The summed E-state index contributed by atoms with van der Waals surface area (Å²) < 4.78 is 1.000. The Morgan fingerprint density at radius 2 is 2.11 bits per heavy atom. The molecule has 1 amide bonds. The van der Waals surface area contributed by atoms with E-state index in [1.165, 1.54) is 0 Å². The largest absolute Gasteiger partial charge is 0.326 e. The first-order valence-electron chi connectivity index (χ1n) is 6.41. The molecule has 0 saturated carbocycles. The Labute approximate surface area is 116 Å². The molecule has 1 fully saturated rings. The second kappa shape index (κ2) is 6.34. The molecule has 2 rings (SSSR count). The van der Waals surface area contributed by atoms with Crippen LogP contribution in [0.5, 0.6) is 0 Å². The van der Waals surface area contributed by atoms with Crippen molar-refractivity contribution in [3.8, 4) is 0 Å². The Morgan fingerprint density at radius 1 is 1.39 bits per heavy atom. The molecule has 1 saturated heterocycles. The van der Waals surface area contributed by atoms with Crippen LogP contribution >= 0.6 is 15.9 Å². The Bertz CT molecular complexity index is 408. The molecule has 98 valence electrons. The van der Waals surface area contributed by atoms with Gasteiger partial charge in [-0.25, -0.2) is 0 Å². The molecular formula is C14H19BrN2O. The molecule has 0 bridgehead atoms. The molecule has 4 heteroatoms. The topological polar surface area (TPSA) is 41.1 Å². The molecule has 0 spiro atoms. The molecule has 1 aromatic rings. The number of anilines is 1. The molecule has 3 nitrogen and oxygen atoms in total.